The fraction of sp³-hybridized carbons (Fsp3) is 0.818. The van der Waals surface area contributed by atoms with Gasteiger partial charge in [-0.3, -0.25) is 4.79 Å². The average Bonchev–Trinajstić information content (AvgIpc) is 2.17. The van der Waals surface area contributed by atoms with Crippen molar-refractivity contribution in [3.8, 4) is 0 Å². The Bertz CT molecular complexity index is 218. The van der Waals surface area contributed by atoms with Crippen molar-refractivity contribution in [2.24, 2.45) is 5.92 Å². The normalized spacial score (nSPS) is 11.9. The van der Waals surface area contributed by atoms with Crippen LogP contribution in [0.2, 0.25) is 0 Å². The summed E-state index contributed by atoms with van der Waals surface area (Å²) >= 11 is 0. The molecule has 0 spiro atoms. The smallest absolute Gasteiger partial charge is 0.407 e. The number of amides is 1. The van der Waals surface area contributed by atoms with Crippen molar-refractivity contribution < 1.29 is 19.4 Å². The molecule has 0 fully saturated rings. The highest BCUT2D eigenvalue weighted by molar-refractivity contribution is 5.67. The molecule has 2 N–H and O–H groups in total. The van der Waals surface area contributed by atoms with Crippen LogP contribution in [0.4, 0.5) is 4.79 Å². The molecule has 0 aromatic carbocycles. The lowest BCUT2D eigenvalue weighted by Crippen LogP contribution is -2.27. The van der Waals surface area contributed by atoms with Gasteiger partial charge in [-0.15, -0.1) is 0 Å². The molecule has 0 aliphatic carbocycles. The lowest BCUT2D eigenvalue weighted by atomic mass is 10.0. The molecule has 1 amide bonds. The van der Waals surface area contributed by atoms with Crippen LogP contribution >= 0.6 is 0 Å². The number of alkyl carbamates (subject to hydrolysis) is 1. The molecule has 0 rings (SSSR count). The number of aliphatic carboxylic acids is 1. The molecule has 0 aliphatic rings. The fourth-order valence-corrected chi connectivity index (χ4v) is 1.18. The van der Waals surface area contributed by atoms with Gasteiger partial charge in [-0.25, -0.2) is 4.79 Å². The molecule has 94 valence electrons. The highest BCUT2D eigenvalue weighted by Crippen LogP contribution is 2.05. The van der Waals surface area contributed by atoms with E-state index in [2.05, 4.69) is 5.32 Å². The standard InChI is InChI=1S/C11H21NO4/c1-3-4-7-16-11(15)12-6-5-9(2)8-10(13)14/h9H,3-8H2,1-2H3,(H,12,15)(H,13,14). The number of ether oxygens (including phenoxy) is 1. The van der Waals surface area contributed by atoms with E-state index in [0.29, 0.717) is 19.6 Å². The summed E-state index contributed by atoms with van der Waals surface area (Å²) in [6.07, 6.45) is 2.21. The summed E-state index contributed by atoms with van der Waals surface area (Å²) < 4.78 is 4.88. The third kappa shape index (κ3) is 9.30. The Labute approximate surface area is 96.2 Å². The van der Waals surface area contributed by atoms with Crippen molar-refractivity contribution in [2.45, 2.75) is 39.5 Å². The maximum atomic E-state index is 11.1. The molecule has 0 saturated carbocycles. The van der Waals surface area contributed by atoms with Crippen molar-refractivity contribution in [3.63, 3.8) is 0 Å². The molecule has 1 unspecified atom stereocenters. The van der Waals surface area contributed by atoms with Gasteiger partial charge in [-0.2, -0.15) is 0 Å². The van der Waals surface area contributed by atoms with Gasteiger partial charge in [0.1, 0.15) is 0 Å². The van der Waals surface area contributed by atoms with Crippen molar-refractivity contribution in [1.29, 1.82) is 0 Å². The molecular formula is C11H21NO4. The molecule has 0 aromatic heterocycles. The second kappa shape index (κ2) is 9.00. The average molecular weight is 231 g/mol. The van der Waals surface area contributed by atoms with E-state index in [-0.39, 0.29) is 12.3 Å². The molecule has 0 saturated heterocycles. The van der Waals surface area contributed by atoms with Crippen molar-refractivity contribution in [3.05, 3.63) is 0 Å². The highest BCUT2D eigenvalue weighted by Gasteiger charge is 2.08. The van der Waals surface area contributed by atoms with Gasteiger partial charge in [0, 0.05) is 13.0 Å². The molecular weight excluding hydrogens is 210 g/mol. The minimum Gasteiger partial charge on any atom is -0.481 e. The number of carboxylic acids is 1. The molecule has 0 aromatic rings. The number of carboxylic acid groups (broad SMARTS) is 1. The lowest BCUT2D eigenvalue weighted by Gasteiger charge is -2.09. The van der Waals surface area contributed by atoms with Crippen molar-refractivity contribution in [2.75, 3.05) is 13.2 Å². The maximum Gasteiger partial charge on any atom is 0.407 e. The zero-order valence-corrected chi connectivity index (χ0v) is 9.99. The van der Waals surface area contributed by atoms with Gasteiger partial charge >= 0.3 is 12.1 Å². The van der Waals surface area contributed by atoms with Gasteiger partial charge in [-0.1, -0.05) is 20.3 Å². The summed E-state index contributed by atoms with van der Waals surface area (Å²) in [6, 6.07) is 0. The van der Waals surface area contributed by atoms with Crippen molar-refractivity contribution >= 4 is 12.1 Å². The Morgan fingerprint density at radius 1 is 1.44 bits per heavy atom. The van der Waals surface area contributed by atoms with Crippen LogP contribution in [-0.4, -0.2) is 30.3 Å². The Morgan fingerprint density at radius 3 is 2.69 bits per heavy atom. The first-order valence-electron chi connectivity index (χ1n) is 5.68. The SMILES string of the molecule is CCCCOC(=O)NCCC(C)CC(=O)O. The molecule has 16 heavy (non-hydrogen) atoms. The van der Waals surface area contributed by atoms with Crippen LogP contribution < -0.4 is 5.32 Å². The minimum absolute atomic E-state index is 0.0634. The third-order valence-electron chi connectivity index (χ3n) is 2.16. The summed E-state index contributed by atoms with van der Waals surface area (Å²) in [6.45, 7) is 4.76. The molecule has 0 bridgehead atoms. The van der Waals surface area contributed by atoms with E-state index in [1.807, 2.05) is 13.8 Å². The Kier molecular flexibility index (Phi) is 8.29. The molecule has 1 atom stereocenters. The molecule has 5 nitrogen and oxygen atoms in total. The zero-order chi connectivity index (χ0) is 12.4. The number of nitrogens with one attached hydrogen (secondary N) is 1. The first-order valence-corrected chi connectivity index (χ1v) is 5.68. The van der Waals surface area contributed by atoms with Gasteiger partial charge in [0.25, 0.3) is 0 Å². The number of hydrogen-bond acceptors (Lipinski definition) is 3. The first kappa shape index (κ1) is 14.7. The summed E-state index contributed by atoms with van der Waals surface area (Å²) in [5.74, 6) is -0.744. The van der Waals surface area contributed by atoms with E-state index in [1.165, 1.54) is 0 Å². The predicted molar refractivity (Wildman–Crippen MR) is 60.3 cm³/mol. The van der Waals surface area contributed by atoms with E-state index in [9.17, 15) is 9.59 Å². The largest absolute Gasteiger partial charge is 0.481 e. The van der Waals surface area contributed by atoms with Crippen LogP contribution in [0.5, 0.6) is 0 Å². The number of carbonyl (C=O) groups is 2. The van der Waals surface area contributed by atoms with Crippen LogP contribution in [-0.2, 0) is 9.53 Å². The Morgan fingerprint density at radius 2 is 2.12 bits per heavy atom. The maximum absolute atomic E-state index is 11.1. The summed E-state index contributed by atoms with van der Waals surface area (Å²) in [7, 11) is 0. The van der Waals surface area contributed by atoms with Crippen LogP contribution in [0.15, 0.2) is 0 Å². The van der Waals surface area contributed by atoms with E-state index in [0.717, 1.165) is 12.8 Å². The summed E-state index contributed by atoms with van der Waals surface area (Å²) in [5, 5.41) is 11.1. The molecule has 0 radical (unpaired) electrons. The van der Waals surface area contributed by atoms with Gasteiger partial charge in [-0.05, 0) is 18.8 Å². The monoisotopic (exact) mass is 231 g/mol. The van der Waals surface area contributed by atoms with E-state index < -0.39 is 12.1 Å². The van der Waals surface area contributed by atoms with Gasteiger partial charge in [0.05, 0.1) is 6.61 Å². The second-order valence-electron chi connectivity index (χ2n) is 3.91. The minimum atomic E-state index is -0.807. The van der Waals surface area contributed by atoms with Crippen LogP contribution in [0.1, 0.15) is 39.5 Å². The summed E-state index contributed by atoms with van der Waals surface area (Å²) in [5.41, 5.74) is 0. The van der Waals surface area contributed by atoms with E-state index in [4.69, 9.17) is 9.84 Å². The molecule has 0 aliphatic heterocycles. The van der Waals surface area contributed by atoms with Crippen LogP contribution in [0, 0.1) is 5.92 Å². The number of rotatable bonds is 8. The van der Waals surface area contributed by atoms with Gasteiger partial charge in [0.2, 0.25) is 0 Å². The van der Waals surface area contributed by atoms with Gasteiger partial charge in [0.15, 0.2) is 0 Å². The highest BCUT2D eigenvalue weighted by atomic mass is 16.5. The second-order valence-corrected chi connectivity index (χ2v) is 3.91. The Hall–Kier alpha value is -1.26. The van der Waals surface area contributed by atoms with E-state index in [1.54, 1.807) is 0 Å². The van der Waals surface area contributed by atoms with Crippen LogP contribution in [0.25, 0.3) is 0 Å². The zero-order valence-electron chi connectivity index (χ0n) is 9.99. The number of unbranched alkanes of at least 4 members (excludes halogenated alkanes) is 1. The fourth-order valence-electron chi connectivity index (χ4n) is 1.18. The Balaban J connectivity index is 3.42. The quantitative estimate of drug-likeness (QED) is 0.626. The number of carbonyl (C=O) groups excluding carboxylic acids is 1. The first-order chi connectivity index (χ1) is 7.56. The summed E-state index contributed by atoms with van der Waals surface area (Å²) in [4.78, 5) is 21.4. The van der Waals surface area contributed by atoms with Gasteiger partial charge < -0.3 is 15.2 Å². The lowest BCUT2D eigenvalue weighted by molar-refractivity contribution is -0.138. The van der Waals surface area contributed by atoms with Crippen LogP contribution in [0.3, 0.4) is 0 Å². The topological polar surface area (TPSA) is 75.6 Å². The van der Waals surface area contributed by atoms with E-state index >= 15 is 0 Å². The van der Waals surface area contributed by atoms with Crippen molar-refractivity contribution in [1.82, 2.24) is 5.32 Å². The number of hydrogen-bond donors (Lipinski definition) is 2. The predicted octanol–water partition coefficient (Wildman–Crippen LogP) is 2.01. The molecule has 0 heterocycles. The molecule has 5 heteroatoms. The third-order valence-corrected chi connectivity index (χ3v) is 2.16.